The summed E-state index contributed by atoms with van der Waals surface area (Å²) in [5.74, 6) is -2.83. The van der Waals surface area contributed by atoms with Crippen molar-refractivity contribution >= 4 is 17.6 Å². The number of ether oxygens (including phenoxy) is 1. The Morgan fingerprint density at radius 1 is 1.00 bits per heavy atom. The van der Waals surface area contributed by atoms with Crippen LogP contribution in [0.4, 0.5) is 5.69 Å². The number of anilines is 1. The maximum Gasteiger partial charge on any atom is 0.327 e. The third kappa shape index (κ3) is 4.49. The first-order valence-corrected chi connectivity index (χ1v) is 7.41. The lowest BCUT2D eigenvalue weighted by Gasteiger charge is -2.22. The highest BCUT2D eigenvalue weighted by atomic mass is 16.5. The van der Waals surface area contributed by atoms with Crippen molar-refractivity contribution in [1.82, 2.24) is 0 Å². The molecule has 126 valence electrons. The quantitative estimate of drug-likeness (QED) is 0.689. The van der Waals surface area contributed by atoms with E-state index in [9.17, 15) is 19.8 Å². The summed E-state index contributed by atoms with van der Waals surface area (Å²) in [5, 5.41) is 21.8. The maximum absolute atomic E-state index is 11.6. The van der Waals surface area contributed by atoms with Crippen molar-refractivity contribution in [2.24, 2.45) is 5.92 Å². The summed E-state index contributed by atoms with van der Waals surface area (Å²) < 4.78 is 5.06. The second-order valence-corrected chi connectivity index (χ2v) is 5.32. The largest absolute Gasteiger partial charge is 0.497 e. The molecule has 2 aromatic rings. The van der Waals surface area contributed by atoms with E-state index >= 15 is 0 Å². The third-order valence-corrected chi connectivity index (χ3v) is 3.70. The second kappa shape index (κ2) is 8.01. The van der Waals surface area contributed by atoms with E-state index in [-0.39, 0.29) is 6.42 Å². The van der Waals surface area contributed by atoms with E-state index < -0.39 is 23.9 Å². The fourth-order valence-corrected chi connectivity index (χ4v) is 2.41. The molecule has 0 spiro atoms. The number of aliphatic carboxylic acids is 2. The maximum atomic E-state index is 11.6. The molecule has 0 aromatic heterocycles. The van der Waals surface area contributed by atoms with E-state index in [1.54, 1.807) is 61.7 Å². The number of para-hydroxylation sites is 1. The molecule has 0 fully saturated rings. The minimum Gasteiger partial charge on any atom is -0.497 e. The monoisotopic (exact) mass is 329 g/mol. The van der Waals surface area contributed by atoms with Crippen LogP contribution < -0.4 is 10.1 Å². The van der Waals surface area contributed by atoms with Gasteiger partial charge in [-0.3, -0.25) is 4.79 Å². The van der Waals surface area contributed by atoms with Gasteiger partial charge in [0.25, 0.3) is 0 Å². The lowest BCUT2D eigenvalue weighted by molar-refractivity contribution is -0.149. The van der Waals surface area contributed by atoms with Gasteiger partial charge in [0.15, 0.2) is 0 Å². The number of carbonyl (C=O) groups is 2. The summed E-state index contributed by atoms with van der Waals surface area (Å²) in [6, 6.07) is 14.3. The average Bonchev–Trinajstić information content (AvgIpc) is 2.59. The standard InChI is InChI=1S/C18H19NO5/c1-24-14-9-7-12(8-10-14)11-15(17(20)21)16(18(22)23)19-13-5-3-2-4-6-13/h2-10,15-16,19H,11H2,1H3,(H,20,21)(H,22,23). The molecule has 24 heavy (non-hydrogen) atoms. The van der Waals surface area contributed by atoms with Gasteiger partial charge in [-0.05, 0) is 36.2 Å². The van der Waals surface area contributed by atoms with Gasteiger partial charge in [-0.2, -0.15) is 0 Å². The Morgan fingerprint density at radius 2 is 1.62 bits per heavy atom. The highest BCUT2D eigenvalue weighted by molar-refractivity contribution is 5.85. The number of rotatable bonds is 8. The summed E-state index contributed by atoms with van der Waals surface area (Å²) in [6.07, 6.45) is 0.0934. The summed E-state index contributed by atoms with van der Waals surface area (Å²) in [4.78, 5) is 23.2. The Labute approximate surface area is 139 Å². The molecule has 0 aliphatic carbocycles. The zero-order chi connectivity index (χ0) is 17.5. The van der Waals surface area contributed by atoms with Gasteiger partial charge in [-0.15, -0.1) is 0 Å². The highest BCUT2D eigenvalue weighted by Gasteiger charge is 2.34. The fraction of sp³-hybridized carbons (Fsp3) is 0.222. The number of hydrogen-bond donors (Lipinski definition) is 3. The van der Waals surface area contributed by atoms with Crippen LogP contribution in [-0.2, 0) is 16.0 Å². The first-order valence-electron chi connectivity index (χ1n) is 7.41. The van der Waals surface area contributed by atoms with Gasteiger partial charge in [-0.25, -0.2) is 4.79 Å². The molecular weight excluding hydrogens is 310 g/mol. The molecule has 0 heterocycles. The number of nitrogens with one attached hydrogen (secondary N) is 1. The molecular formula is C18H19NO5. The number of hydrogen-bond acceptors (Lipinski definition) is 4. The zero-order valence-corrected chi connectivity index (χ0v) is 13.2. The first-order chi connectivity index (χ1) is 11.5. The van der Waals surface area contributed by atoms with Crippen LogP contribution in [0.1, 0.15) is 5.56 Å². The van der Waals surface area contributed by atoms with Crippen molar-refractivity contribution in [2.45, 2.75) is 12.5 Å². The SMILES string of the molecule is COc1ccc(CC(C(=O)O)C(Nc2ccccc2)C(=O)O)cc1. The molecule has 3 N–H and O–H groups in total. The molecule has 0 saturated carbocycles. The summed E-state index contributed by atoms with van der Waals surface area (Å²) in [7, 11) is 1.54. The van der Waals surface area contributed by atoms with E-state index in [1.165, 1.54) is 0 Å². The van der Waals surface area contributed by atoms with E-state index in [0.717, 1.165) is 5.56 Å². The van der Waals surface area contributed by atoms with Crippen LogP contribution in [0.3, 0.4) is 0 Å². The molecule has 2 unspecified atom stereocenters. The van der Waals surface area contributed by atoms with Gasteiger partial charge >= 0.3 is 11.9 Å². The van der Waals surface area contributed by atoms with Gasteiger partial charge < -0.3 is 20.3 Å². The Bertz CT molecular complexity index is 684. The molecule has 0 aliphatic heterocycles. The predicted molar refractivity (Wildman–Crippen MR) is 89.3 cm³/mol. The van der Waals surface area contributed by atoms with Crippen molar-refractivity contribution < 1.29 is 24.5 Å². The van der Waals surface area contributed by atoms with Crippen LogP contribution in [0.2, 0.25) is 0 Å². The normalized spacial score (nSPS) is 12.9. The minimum atomic E-state index is -1.24. The van der Waals surface area contributed by atoms with Crippen LogP contribution in [0.15, 0.2) is 54.6 Å². The molecule has 0 radical (unpaired) electrons. The Morgan fingerprint density at radius 3 is 2.12 bits per heavy atom. The second-order valence-electron chi connectivity index (χ2n) is 5.32. The van der Waals surface area contributed by atoms with Crippen molar-refractivity contribution in [3.63, 3.8) is 0 Å². The summed E-state index contributed by atoms with van der Waals surface area (Å²) >= 11 is 0. The lowest BCUT2D eigenvalue weighted by Crippen LogP contribution is -2.42. The number of methoxy groups -OCH3 is 1. The lowest BCUT2D eigenvalue weighted by atomic mass is 9.91. The predicted octanol–water partition coefficient (Wildman–Crippen LogP) is 2.50. The van der Waals surface area contributed by atoms with Crippen LogP contribution in [-0.4, -0.2) is 35.3 Å². The van der Waals surface area contributed by atoms with Gasteiger partial charge in [0.2, 0.25) is 0 Å². The average molecular weight is 329 g/mol. The Hall–Kier alpha value is -3.02. The first kappa shape index (κ1) is 17.3. The number of benzene rings is 2. The van der Waals surface area contributed by atoms with Crippen molar-refractivity contribution in [3.05, 3.63) is 60.2 Å². The van der Waals surface area contributed by atoms with Gasteiger partial charge in [0.1, 0.15) is 11.8 Å². The molecule has 6 nitrogen and oxygen atoms in total. The van der Waals surface area contributed by atoms with E-state index in [1.807, 2.05) is 0 Å². The van der Waals surface area contributed by atoms with Gasteiger partial charge in [-0.1, -0.05) is 30.3 Å². The molecule has 0 amide bonds. The molecule has 0 saturated heterocycles. The zero-order valence-electron chi connectivity index (χ0n) is 13.2. The van der Waals surface area contributed by atoms with Gasteiger partial charge in [0, 0.05) is 5.69 Å². The van der Waals surface area contributed by atoms with Crippen molar-refractivity contribution in [3.8, 4) is 5.75 Å². The number of carboxylic acids is 2. The molecule has 2 aromatic carbocycles. The van der Waals surface area contributed by atoms with E-state index in [4.69, 9.17) is 4.74 Å². The van der Waals surface area contributed by atoms with Crippen LogP contribution in [0.25, 0.3) is 0 Å². The molecule has 2 atom stereocenters. The van der Waals surface area contributed by atoms with Crippen LogP contribution >= 0.6 is 0 Å². The van der Waals surface area contributed by atoms with E-state index in [0.29, 0.717) is 11.4 Å². The molecule has 6 heteroatoms. The molecule has 0 aliphatic rings. The summed E-state index contributed by atoms with van der Waals surface area (Å²) in [5.41, 5.74) is 1.29. The number of carboxylic acid groups (broad SMARTS) is 2. The van der Waals surface area contributed by atoms with Crippen LogP contribution in [0.5, 0.6) is 5.75 Å². The summed E-state index contributed by atoms with van der Waals surface area (Å²) in [6.45, 7) is 0. The third-order valence-electron chi connectivity index (χ3n) is 3.70. The van der Waals surface area contributed by atoms with Crippen molar-refractivity contribution in [2.75, 3.05) is 12.4 Å². The highest BCUT2D eigenvalue weighted by Crippen LogP contribution is 2.20. The topological polar surface area (TPSA) is 95.9 Å². The Balaban J connectivity index is 2.21. The van der Waals surface area contributed by atoms with E-state index in [2.05, 4.69) is 5.32 Å². The minimum absolute atomic E-state index is 0.0934. The van der Waals surface area contributed by atoms with Gasteiger partial charge in [0.05, 0.1) is 13.0 Å². The van der Waals surface area contributed by atoms with Crippen molar-refractivity contribution in [1.29, 1.82) is 0 Å². The smallest absolute Gasteiger partial charge is 0.327 e. The molecule has 0 bridgehead atoms. The van der Waals surface area contributed by atoms with Crippen LogP contribution in [0, 0.1) is 5.92 Å². The Kier molecular flexibility index (Phi) is 5.78. The molecule has 2 rings (SSSR count). The fourth-order valence-electron chi connectivity index (χ4n) is 2.41.